The topological polar surface area (TPSA) is 90.6 Å². The highest BCUT2D eigenvalue weighted by molar-refractivity contribution is 4.78. The van der Waals surface area contributed by atoms with Crippen LogP contribution in [0.3, 0.4) is 0 Å². The Morgan fingerprint density at radius 3 is 1.93 bits per heavy atom. The minimum absolute atomic E-state index is 0.0347. The van der Waals surface area contributed by atoms with Crippen molar-refractivity contribution in [2.75, 3.05) is 66.0 Å². The van der Waals surface area contributed by atoms with Gasteiger partial charge in [0.25, 0.3) is 0 Å². The van der Waals surface area contributed by atoms with E-state index in [2.05, 4.69) is 0 Å². The highest BCUT2D eigenvalue weighted by atomic mass is 16.7. The van der Waals surface area contributed by atoms with Gasteiger partial charge < -0.3 is 38.9 Å². The average molecular weight is 394 g/mol. The third-order valence-corrected chi connectivity index (χ3v) is 3.96. The first-order chi connectivity index (χ1) is 12.9. The van der Waals surface area contributed by atoms with Gasteiger partial charge in [-0.2, -0.15) is 0 Å². The lowest BCUT2D eigenvalue weighted by Crippen LogP contribution is -2.25. The molecule has 0 spiro atoms. The van der Waals surface area contributed by atoms with Crippen LogP contribution in [0.2, 0.25) is 0 Å². The summed E-state index contributed by atoms with van der Waals surface area (Å²) in [5, 5.41) is 0. The van der Waals surface area contributed by atoms with Gasteiger partial charge >= 0.3 is 0 Å². The fraction of sp³-hybridized carbons (Fsp3) is 1.00. The van der Waals surface area contributed by atoms with Gasteiger partial charge in [0.1, 0.15) is 0 Å². The van der Waals surface area contributed by atoms with Crippen molar-refractivity contribution in [2.24, 2.45) is 5.73 Å². The van der Waals surface area contributed by atoms with Crippen molar-refractivity contribution in [3.8, 4) is 0 Å². The van der Waals surface area contributed by atoms with Crippen LogP contribution in [-0.2, 0) is 33.2 Å². The fourth-order valence-corrected chi connectivity index (χ4v) is 2.73. The van der Waals surface area contributed by atoms with E-state index in [4.69, 9.17) is 38.9 Å². The van der Waals surface area contributed by atoms with Crippen molar-refractivity contribution in [3.63, 3.8) is 0 Å². The van der Waals surface area contributed by atoms with Gasteiger partial charge in [-0.3, -0.25) is 0 Å². The third kappa shape index (κ3) is 12.7. The first-order valence-electron chi connectivity index (χ1n) is 9.93. The van der Waals surface area contributed by atoms with Crippen LogP contribution in [0, 0.1) is 0 Å². The summed E-state index contributed by atoms with van der Waals surface area (Å²) in [4.78, 5) is 0. The Bertz CT molecular complexity index is 357. The lowest BCUT2D eigenvalue weighted by Gasteiger charge is -2.18. The highest BCUT2D eigenvalue weighted by Crippen LogP contribution is 2.29. The van der Waals surface area contributed by atoms with Gasteiger partial charge in [0.2, 0.25) is 0 Å². The Morgan fingerprint density at radius 2 is 1.41 bits per heavy atom. The van der Waals surface area contributed by atoms with Crippen LogP contribution in [0.1, 0.15) is 34.1 Å². The molecule has 1 heterocycles. The molecule has 3 unspecified atom stereocenters. The normalized spacial score (nSPS) is 23.0. The molecule has 8 nitrogen and oxygen atoms in total. The zero-order chi connectivity index (χ0) is 20.0. The van der Waals surface area contributed by atoms with Crippen LogP contribution in [0.4, 0.5) is 0 Å². The van der Waals surface area contributed by atoms with Crippen LogP contribution >= 0.6 is 0 Å². The van der Waals surface area contributed by atoms with Gasteiger partial charge in [-0.05, 0) is 34.1 Å². The molecule has 3 atom stereocenters. The molecule has 2 N–H and O–H groups in total. The molecule has 162 valence electrons. The zero-order valence-corrected chi connectivity index (χ0v) is 17.4. The Balaban J connectivity index is 1.84. The van der Waals surface area contributed by atoms with Crippen molar-refractivity contribution >= 4 is 0 Å². The molecule has 8 heteroatoms. The Hall–Kier alpha value is -0.320. The molecule has 1 rings (SSSR count). The SMILES string of the molecule is CC(COCCOCCOCCOCCN)OCCC1OC(C)(C)OC1C. The second kappa shape index (κ2) is 14.6. The second-order valence-electron chi connectivity index (χ2n) is 7.05. The van der Waals surface area contributed by atoms with E-state index in [1.807, 2.05) is 27.7 Å². The monoisotopic (exact) mass is 393 g/mol. The fourth-order valence-electron chi connectivity index (χ4n) is 2.73. The molecule has 27 heavy (non-hydrogen) atoms. The Kier molecular flexibility index (Phi) is 13.4. The van der Waals surface area contributed by atoms with Crippen LogP contribution in [0.25, 0.3) is 0 Å². The number of rotatable bonds is 17. The summed E-state index contributed by atoms with van der Waals surface area (Å²) in [5.41, 5.74) is 5.32. The van der Waals surface area contributed by atoms with Crippen molar-refractivity contribution in [3.05, 3.63) is 0 Å². The van der Waals surface area contributed by atoms with Crippen molar-refractivity contribution < 1.29 is 33.2 Å². The number of ether oxygens (including phenoxy) is 7. The van der Waals surface area contributed by atoms with Gasteiger partial charge in [-0.15, -0.1) is 0 Å². The summed E-state index contributed by atoms with van der Waals surface area (Å²) in [7, 11) is 0. The molecule has 0 aliphatic carbocycles. The first kappa shape index (κ1) is 24.7. The summed E-state index contributed by atoms with van der Waals surface area (Å²) >= 11 is 0. The van der Waals surface area contributed by atoms with Gasteiger partial charge in [-0.25, -0.2) is 0 Å². The third-order valence-electron chi connectivity index (χ3n) is 3.96. The number of nitrogens with two attached hydrogens (primary N) is 1. The molecule has 1 aliphatic rings. The molecule has 0 aromatic carbocycles. The second-order valence-corrected chi connectivity index (χ2v) is 7.05. The molecule has 1 fully saturated rings. The molecule has 0 saturated carbocycles. The maximum Gasteiger partial charge on any atom is 0.163 e. The molecule has 1 saturated heterocycles. The van der Waals surface area contributed by atoms with Crippen LogP contribution in [-0.4, -0.2) is 90.1 Å². The van der Waals surface area contributed by atoms with Crippen LogP contribution in [0.5, 0.6) is 0 Å². The highest BCUT2D eigenvalue weighted by Gasteiger charge is 2.38. The summed E-state index contributed by atoms with van der Waals surface area (Å²) in [6.07, 6.45) is 1.02. The molecular formula is C19H39NO7. The standard InChI is InChI=1S/C19H39NO7/c1-16(25-7-5-18-17(2)26-19(3,4)27-18)15-24-14-13-23-12-11-22-10-9-21-8-6-20/h16-18H,5-15,20H2,1-4H3. The quantitative estimate of drug-likeness (QED) is 0.370. The van der Waals surface area contributed by atoms with Gasteiger partial charge in [0.05, 0.1) is 71.2 Å². The molecule has 0 aromatic heterocycles. The summed E-state index contributed by atoms with van der Waals surface area (Å²) in [5.74, 6) is -0.498. The predicted molar refractivity (Wildman–Crippen MR) is 102 cm³/mol. The first-order valence-corrected chi connectivity index (χ1v) is 9.93. The maximum atomic E-state index is 5.85. The number of hydrogen-bond acceptors (Lipinski definition) is 8. The molecule has 1 aliphatic heterocycles. The van der Waals surface area contributed by atoms with Crippen molar-refractivity contribution in [1.29, 1.82) is 0 Å². The predicted octanol–water partition coefficient (Wildman–Crippen LogP) is 1.35. The van der Waals surface area contributed by atoms with E-state index in [0.29, 0.717) is 66.0 Å². The lowest BCUT2D eigenvalue weighted by molar-refractivity contribution is -0.146. The smallest absolute Gasteiger partial charge is 0.163 e. The Morgan fingerprint density at radius 1 is 0.852 bits per heavy atom. The van der Waals surface area contributed by atoms with E-state index in [1.54, 1.807) is 0 Å². The maximum absolute atomic E-state index is 5.85. The lowest BCUT2D eigenvalue weighted by atomic mass is 10.2. The van der Waals surface area contributed by atoms with Gasteiger partial charge in [0, 0.05) is 13.2 Å². The van der Waals surface area contributed by atoms with E-state index in [0.717, 1.165) is 6.42 Å². The van der Waals surface area contributed by atoms with Crippen molar-refractivity contribution in [1.82, 2.24) is 0 Å². The average Bonchev–Trinajstić information content (AvgIpc) is 2.87. The number of hydrogen-bond donors (Lipinski definition) is 1. The minimum atomic E-state index is -0.498. The molecule has 0 bridgehead atoms. The summed E-state index contributed by atoms with van der Waals surface area (Å²) < 4.78 is 38.9. The molecule has 0 aromatic rings. The van der Waals surface area contributed by atoms with Gasteiger partial charge in [0.15, 0.2) is 5.79 Å². The van der Waals surface area contributed by atoms with Gasteiger partial charge in [-0.1, -0.05) is 0 Å². The van der Waals surface area contributed by atoms with Crippen molar-refractivity contribution in [2.45, 2.75) is 58.2 Å². The largest absolute Gasteiger partial charge is 0.378 e. The van der Waals surface area contributed by atoms with E-state index >= 15 is 0 Å². The minimum Gasteiger partial charge on any atom is -0.378 e. The van der Waals surface area contributed by atoms with E-state index in [1.165, 1.54) is 0 Å². The molecule has 0 amide bonds. The molecule has 0 radical (unpaired) electrons. The Labute approximate surface area is 163 Å². The summed E-state index contributed by atoms with van der Waals surface area (Å²) in [6, 6.07) is 0. The molecular weight excluding hydrogens is 354 g/mol. The van der Waals surface area contributed by atoms with E-state index in [-0.39, 0.29) is 18.3 Å². The van der Waals surface area contributed by atoms with E-state index in [9.17, 15) is 0 Å². The summed E-state index contributed by atoms with van der Waals surface area (Å²) in [6.45, 7) is 13.5. The van der Waals surface area contributed by atoms with Crippen LogP contribution in [0.15, 0.2) is 0 Å². The van der Waals surface area contributed by atoms with Crippen LogP contribution < -0.4 is 5.73 Å². The van der Waals surface area contributed by atoms with E-state index < -0.39 is 5.79 Å². The zero-order valence-electron chi connectivity index (χ0n) is 17.4.